The van der Waals surface area contributed by atoms with Gasteiger partial charge in [0.1, 0.15) is 11.4 Å². The van der Waals surface area contributed by atoms with E-state index in [1.54, 1.807) is 18.2 Å². The summed E-state index contributed by atoms with van der Waals surface area (Å²) >= 11 is 1.31. The third-order valence-corrected chi connectivity index (χ3v) is 6.89. The highest BCUT2D eigenvalue weighted by Gasteiger charge is 2.34. The van der Waals surface area contributed by atoms with Crippen LogP contribution in [0.1, 0.15) is 53.7 Å². The van der Waals surface area contributed by atoms with Crippen molar-refractivity contribution in [2.45, 2.75) is 37.5 Å². The molecule has 2 aromatic heterocycles. The van der Waals surface area contributed by atoms with E-state index < -0.39 is 11.3 Å². The molecule has 34 heavy (non-hydrogen) atoms. The molecule has 0 bridgehead atoms. The lowest BCUT2D eigenvalue weighted by atomic mass is 9.78. The minimum atomic E-state index is -0.711. The summed E-state index contributed by atoms with van der Waals surface area (Å²) in [5.41, 5.74) is 2.93. The molecule has 1 fully saturated rings. The predicted molar refractivity (Wildman–Crippen MR) is 128 cm³/mol. The van der Waals surface area contributed by atoms with E-state index >= 15 is 0 Å². The fraction of sp³-hybridized carbons (Fsp3) is 0.320. The van der Waals surface area contributed by atoms with Gasteiger partial charge < -0.3 is 15.4 Å². The highest BCUT2D eigenvalue weighted by Crippen LogP contribution is 2.40. The Labute approximate surface area is 201 Å². The Morgan fingerprint density at radius 3 is 2.88 bits per heavy atom. The average Bonchev–Trinajstić information content (AvgIpc) is 3.61. The van der Waals surface area contributed by atoms with E-state index in [4.69, 9.17) is 4.74 Å². The molecule has 0 radical (unpaired) electrons. The molecule has 5 rings (SSSR count). The first-order chi connectivity index (χ1) is 16.4. The van der Waals surface area contributed by atoms with Crippen LogP contribution in [0.3, 0.4) is 0 Å². The van der Waals surface area contributed by atoms with Crippen molar-refractivity contribution in [1.82, 2.24) is 15.3 Å². The summed E-state index contributed by atoms with van der Waals surface area (Å²) in [4.78, 5) is 34.2. The Morgan fingerprint density at radius 2 is 2.09 bits per heavy atom. The molecule has 2 N–H and O–H groups in total. The van der Waals surface area contributed by atoms with Gasteiger partial charge in [-0.05, 0) is 50.1 Å². The van der Waals surface area contributed by atoms with Crippen LogP contribution in [0.15, 0.2) is 41.8 Å². The lowest BCUT2D eigenvalue weighted by Gasteiger charge is -2.30. The van der Waals surface area contributed by atoms with Crippen LogP contribution in [-0.2, 0) is 10.2 Å². The van der Waals surface area contributed by atoms with Gasteiger partial charge in [-0.2, -0.15) is 5.26 Å². The van der Waals surface area contributed by atoms with Crippen LogP contribution in [0, 0.1) is 11.3 Å². The van der Waals surface area contributed by atoms with E-state index in [0.717, 1.165) is 11.4 Å². The minimum Gasteiger partial charge on any atom is -0.493 e. The fourth-order valence-corrected chi connectivity index (χ4v) is 4.64. The number of anilines is 1. The number of aromatic nitrogens is 2. The van der Waals surface area contributed by atoms with Crippen molar-refractivity contribution < 1.29 is 14.3 Å². The first-order valence-corrected chi connectivity index (χ1v) is 12.0. The van der Waals surface area contributed by atoms with Gasteiger partial charge in [0.2, 0.25) is 5.91 Å². The molecule has 1 atom stereocenters. The van der Waals surface area contributed by atoms with Gasteiger partial charge in [0, 0.05) is 34.5 Å². The lowest BCUT2D eigenvalue weighted by Crippen LogP contribution is -2.33. The molecule has 172 valence electrons. The Kier molecular flexibility index (Phi) is 5.75. The van der Waals surface area contributed by atoms with Gasteiger partial charge in [0.15, 0.2) is 5.13 Å². The van der Waals surface area contributed by atoms with Gasteiger partial charge in [-0.3, -0.25) is 14.6 Å². The molecular formula is C25H23N5O3S. The summed E-state index contributed by atoms with van der Waals surface area (Å²) in [6, 6.07) is 13.2. The van der Waals surface area contributed by atoms with Crippen molar-refractivity contribution >= 4 is 28.3 Å². The van der Waals surface area contributed by atoms with Gasteiger partial charge in [-0.25, -0.2) is 4.98 Å². The molecule has 3 aromatic rings. The Balaban J connectivity index is 1.20. The second kappa shape index (κ2) is 8.88. The fourth-order valence-electron chi connectivity index (χ4n) is 3.92. The smallest absolute Gasteiger partial charge is 0.251 e. The number of nitrogens with one attached hydrogen (secondary N) is 2. The minimum absolute atomic E-state index is 0.202. The molecule has 1 aromatic carbocycles. The van der Waals surface area contributed by atoms with Gasteiger partial charge in [-0.15, -0.1) is 11.3 Å². The number of thiazole rings is 1. The number of pyridine rings is 1. The van der Waals surface area contributed by atoms with Crippen LogP contribution < -0.4 is 15.4 Å². The van der Waals surface area contributed by atoms with Crippen molar-refractivity contribution in [1.29, 1.82) is 5.26 Å². The first-order valence-electron chi connectivity index (χ1n) is 11.1. The molecule has 0 spiro atoms. The molecule has 3 heterocycles. The van der Waals surface area contributed by atoms with Crippen LogP contribution in [0.25, 0.3) is 11.4 Å². The molecule has 2 aliphatic rings. The lowest BCUT2D eigenvalue weighted by molar-refractivity contribution is -0.115. The number of amides is 2. The highest BCUT2D eigenvalue weighted by molar-refractivity contribution is 7.14. The van der Waals surface area contributed by atoms with Crippen LogP contribution in [0.2, 0.25) is 0 Å². The summed E-state index contributed by atoms with van der Waals surface area (Å²) in [6.07, 6.45) is 2.91. The summed E-state index contributed by atoms with van der Waals surface area (Å²) in [5.74, 6) is 0.390. The largest absolute Gasteiger partial charge is 0.493 e. The summed E-state index contributed by atoms with van der Waals surface area (Å²) in [6.45, 7) is 2.10. The van der Waals surface area contributed by atoms with Crippen molar-refractivity contribution in [2.24, 2.45) is 0 Å². The van der Waals surface area contributed by atoms with Crippen molar-refractivity contribution in [3.8, 4) is 23.2 Å². The predicted octanol–water partition coefficient (Wildman–Crippen LogP) is 4.01. The number of ether oxygens (including phenoxy) is 1. The van der Waals surface area contributed by atoms with E-state index in [9.17, 15) is 14.9 Å². The van der Waals surface area contributed by atoms with Gasteiger partial charge in [0.25, 0.3) is 5.91 Å². The number of fused-ring (bicyclic) bond motifs is 1. The van der Waals surface area contributed by atoms with Gasteiger partial charge >= 0.3 is 0 Å². The number of benzene rings is 1. The molecule has 8 nitrogen and oxygen atoms in total. The van der Waals surface area contributed by atoms with Crippen LogP contribution in [0.5, 0.6) is 5.75 Å². The monoisotopic (exact) mass is 473 g/mol. The van der Waals surface area contributed by atoms with Gasteiger partial charge in [0.05, 0.1) is 30.3 Å². The third-order valence-electron chi connectivity index (χ3n) is 6.13. The number of nitriles is 1. The molecule has 2 amide bonds. The third kappa shape index (κ3) is 4.50. The second-order valence-electron chi connectivity index (χ2n) is 8.74. The number of hydrogen-bond donors (Lipinski definition) is 2. The zero-order chi connectivity index (χ0) is 23.7. The number of carbonyl (C=O) groups excluding carboxylic acids is 2. The Bertz CT molecular complexity index is 1310. The maximum atomic E-state index is 12.6. The van der Waals surface area contributed by atoms with Crippen molar-refractivity contribution in [3.63, 3.8) is 0 Å². The standard InChI is InChI=1S/C25H23N5O3S/c1-25(14-26)9-10-33-21-8-7-16(11-17(21)25)23(32)27-12-22(31)30-24-29-20(13-34-24)19-4-2-3-18(28-19)15-5-6-15/h2-4,7-8,11,13,15H,5-6,9-10,12H2,1H3,(H,27,32)(H,29,30,31)/t25-/m1/s1. The highest BCUT2D eigenvalue weighted by atomic mass is 32.1. The van der Waals surface area contributed by atoms with E-state index in [1.807, 2.05) is 30.5 Å². The first kappa shape index (κ1) is 22.0. The maximum Gasteiger partial charge on any atom is 0.251 e. The van der Waals surface area contributed by atoms with E-state index in [-0.39, 0.29) is 12.5 Å². The zero-order valence-electron chi connectivity index (χ0n) is 18.6. The topological polar surface area (TPSA) is 117 Å². The van der Waals surface area contributed by atoms with Crippen LogP contribution in [-0.4, -0.2) is 34.9 Å². The quantitative estimate of drug-likeness (QED) is 0.559. The molecule has 1 aliphatic carbocycles. The average molecular weight is 474 g/mol. The normalized spacial score (nSPS) is 18.8. The number of nitrogens with zero attached hydrogens (tertiary/aromatic N) is 3. The van der Waals surface area contributed by atoms with E-state index in [1.165, 1.54) is 24.2 Å². The van der Waals surface area contributed by atoms with Gasteiger partial charge in [-0.1, -0.05) is 6.07 Å². The van der Waals surface area contributed by atoms with E-state index in [0.29, 0.717) is 46.6 Å². The summed E-state index contributed by atoms with van der Waals surface area (Å²) < 4.78 is 5.62. The summed E-state index contributed by atoms with van der Waals surface area (Å²) in [7, 11) is 0. The zero-order valence-corrected chi connectivity index (χ0v) is 19.4. The number of rotatable bonds is 6. The second-order valence-corrected chi connectivity index (χ2v) is 9.60. The molecule has 1 aliphatic heterocycles. The molecule has 1 saturated carbocycles. The Hall–Kier alpha value is -3.77. The number of carbonyl (C=O) groups is 2. The molecule has 0 unspecified atom stereocenters. The Morgan fingerprint density at radius 1 is 1.24 bits per heavy atom. The van der Waals surface area contributed by atoms with Crippen LogP contribution in [0.4, 0.5) is 5.13 Å². The molecule has 9 heteroatoms. The molecule has 0 saturated heterocycles. The van der Waals surface area contributed by atoms with Crippen molar-refractivity contribution in [3.05, 3.63) is 58.6 Å². The van der Waals surface area contributed by atoms with E-state index in [2.05, 4.69) is 26.7 Å². The number of hydrogen-bond acceptors (Lipinski definition) is 7. The SMILES string of the molecule is C[C@]1(C#N)CCOc2ccc(C(=O)NCC(=O)Nc3nc(-c4cccc(C5CC5)n4)cs3)cc21. The van der Waals surface area contributed by atoms with Crippen molar-refractivity contribution in [2.75, 3.05) is 18.5 Å². The molecular weight excluding hydrogens is 450 g/mol. The van der Waals surface area contributed by atoms with Crippen LogP contribution >= 0.6 is 11.3 Å². The summed E-state index contributed by atoms with van der Waals surface area (Å²) in [5, 5.41) is 17.2. The maximum absolute atomic E-state index is 12.6.